The van der Waals surface area contributed by atoms with E-state index in [4.69, 9.17) is 16.3 Å². The first-order valence-electron chi connectivity index (χ1n) is 10.7. The molecule has 0 aliphatic carbocycles. The maximum Gasteiger partial charge on any atom is 0.274 e. The van der Waals surface area contributed by atoms with Crippen molar-refractivity contribution in [2.45, 2.75) is 18.3 Å². The summed E-state index contributed by atoms with van der Waals surface area (Å²) < 4.78 is 32.7. The lowest BCUT2D eigenvalue weighted by Crippen LogP contribution is -2.54. The summed E-state index contributed by atoms with van der Waals surface area (Å²) in [5.41, 5.74) is 1.76. The van der Waals surface area contributed by atoms with Gasteiger partial charge in [-0.05, 0) is 55.0 Å². The largest absolute Gasteiger partial charge is 0.494 e. The number of rotatable bonds is 5. The van der Waals surface area contributed by atoms with Gasteiger partial charge in [0.25, 0.3) is 10.8 Å². The van der Waals surface area contributed by atoms with E-state index in [-0.39, 0.29) is 12.1 Å². The Balaban J connectivity index is 1.68. The number of anilines is 2. The second-order valence-corrected chi connectivity index (χ2v) is 10.6. The topological polar surface area (TPSA) is 84.0 Å². The second-order valence-electron chi connectivity index (χ2n) is 8.10. The van der Waals surface area contributed by atoms with Gasteiger partial charge in [0.05, 0.1) is 18.8 Å². The van der Waals surface area contributed by atoms with E-state index in [1.165, 1.54) is 4.90 Å². The van der Waals surface area contributed by atoms with Gasteiger partial charge in [-0.25, -0.2) is 8.42 Å². The number of ether oxygens (including phenoxy) is 1. The maximum absolute atomic E-state index is 14.1. The molecule has 2 amide bonds. The number of hydrogen-bond donors (Lipinski definition) is 0. The number of halogens is 1. The zero-order valence-electron chi connectivity index (χ0n) is 18.3. The van der Waals surface area contributed by atoms with Crippen LogP contribution in [0.5, 0.6) is 5.75 Å². The Morgan fingerprint density at radius 1 is 1.00 bits per heavy atom. The van der Waals surface area contributed by atoms with Gasteiger partial charge in [-0.15, -0.1) is 0 Å². The molecule has 1 fully saturated rings. The Kier molecular flexibility index (Phi) is 5.37. The average molecular weight is 497 g/mol. The molecule has 2 heterocycles. The van der Waals surface area contributed by atoms with E-state index < -0.39 is 32.3 Å². The molecule has 0 saturated carbocycles. The molecule has 34 heavy (non-hydrogen) atoms. The Morgan fingerprint density at radius 2 is 1.74 bits per heavy atom. The number of carbonyl (C=O) groups excluding carboxylic acids is 2. The number of sulfone groups is 1. The number of benzene rings is 3. The third-order valence-electron chi connectivity index (χ3n) is 6.06. The molecular weight excluding hydrogens is 476 g/mol. The van der Waals surface area contributed by atoms with Crippen LogP contribution < -0.4 is 14.5 Å². The van der Waals surface area contributed by atoms with Crippen LogP contribution in [0.3, 0.4) is 0 Å². The first-order chi connectivity index (χ1) is 16.3. The van der Waals surface area contributed by atoms with Crippen LogP contribution >= 0.6 is 11.6 Å². The van der Waals surface area contributed by atoms with Gasteiger partial charge in [0.15, 0.2) is 9.84 Å². The highest BCUT2D eigenvalue weighted by Crippen LogP contribution is 2.52. The van der Waals surface area contributed by atoms with Crippen LogP contribution in [-0.2, 0) is 30.8 Å². The monoisotopic (exact) mass is 496 g/mol. The van der Waals surface area contributed by atoms with E-state index in [2.05, 4.69) is 0 Å². The second kappa shape index (κ2) is 8.14. The quantitative estimate of drug-likeness (QED) is 0.535. The number of hydrogen-bond acceptors (Lipinski definition) is 5. The molecule has 1 saturated heterocycles. The van der Waals surface area contributed by atoms with Crippen LogP contribution in [0, 0.1) is 0 Å². The summed E-state index contributed by atoms with van der Waals surface area (Å²) in [7, 11) is -4.22. The van der Waals surface area contributed by atoms with Crippen molar-refractivity contribution in [3.8, 4) is 5.75 Å². The van der Waals surface area contributed by atoms with Crippen LogP contribution in [0.15, 0.2) is 72.8 Å². The van der Waals surface area contributed by atoms with Gasteiger partial charge in [-0.2, -0.15) is 0 Å². The fourth-order valence-corrected chi connectivity index (χ4v) is 6.97. The van der Waals surface area contributed by atoms with Crippen LogP contribution in [0.4, 0.5) is 11.4 Å². The van der Waals surface area contributed by atoms with Gasteiger partial charge in [0, 0.05) is 16.3 Å². The maximum atomic E-state index is 14.1. The summed E-state index contributed by atoms with van der Waals surface area (Å²) in [4.78, 5) is 27.6. The number of nitrogens with zero attached hydrogens (tertiary/aromatic N) is 2. The van der Waals surface area contributed by atoms with E-state index >= 15 is 0 Å². The molecule has 0 unspecified atom stereocenters. The highest BCUT2D eigenvalue weighted by molar-refractivity contribution is 7.94. The zero-order valence-corrected chi connectivity index (χ0v) is 19.8. The summed E-state index contributed by atoms with van der Waals surface area (Å²) in [6.07, 6.45) is 0. The van der Waals surface area contributed by atoms with E-state index in [0.717, 1.165) is 10.5 Å². The molecule has 3 aromatic carbocycles. The first-order valence-corrected chi connectivity index (χ1v) is 12.8. The lowest BCUT2D eigenvalue weighted by atomic mass is 10.0. The predicted molar refractivity (Wildman–Crippen MR) is 130 cm³/mol. The molecule has 174 valence electrons. The van der Waals surface area contributed by atoms with Crippen LogP contribution in [0.25, 0.3) is 0 Å². The highest BCUT2D eigenvalue weighted by atomic mass is 35.5. The molecule has 1 spiro atoms. The van der Waals surface area contributed by atoms with E-state index in [0.29, 0.717) is 28.8 Å². The Hall–Kier alpha value is -3.36. The van der Waals surface area contributed by atoms with Crippen LogP contribution in [0.2, 0.25) is 5.02 Å². The molecule has 3 aromatic rings. The summed E-state index contributed by atoms with van der Waals surface area (Å²) in [5, 5.41) is 0.506. The zero-order chi connectivity index (χ0) is 24.1. The minimum Gasteiger partial charge on any atom is -0.494 e. The molecule has 9 heteroatoms. The standard InChI is InChI=1S/C25H21ClN2O5S/c1-2-33-20-12-10-19(11-13-20)28-23(29)16-34(31,32)25(28)21-8-3-4-9-22(21)27(24(25)30)15-17-6-5-7-18(26)14-17/h3-14H,2,15-16H2,1H3/t25-/m1/s1. The summed E-state index contributed by atoms with van der Waals surface area (Å²) in [6, 6.07) is 20.2. The van der Waals surface area contributed by atoms with Crippen molar-refractivity contribution in [2.24, 2.45) is 0 Å². The van der Waals surface area contributed by atoms with E-state index in [1.54, 1.807) is 66.7 Å². The van der Waals surface area contributed by atoms with Gasteiger partial charge in [-0.1, -0.05) is 41.9 Å². The first kappa shape index (κ1) is 22.4. The molecule has 2 aliphatic heterocycles. The van der Waals surface area contributed by atoms with Crippen molar-refractivity contribution in [3.05, 3.63) is 88.9 Å². The van der Waals surface area contributed by atoms with E-state index in [1.807, 2.05) is 13.0 Å². The lowest BCUT2D eigenvalue weighted by Gasteiger charge is -2.32. The minimum absolute atomic E-state index is 0.110. The van der Waals surface area contributed by atoms with Crippen molar-refractivity contribution in [2.75, 3.05) is 22.2 Å². The molecule has 5 rings (SSSR count). The van der Waals surface area contributed by atoms with Gasteiger partial charge in [0.1, 0.15) is 11.5 Å². The third kappa shape index (κ3) is 3.20. The third-order valence-corrected chi connectivity index (χ3v) is 8.40. The lowest BCUT2D eigenvalue weighted by molar-refractivity contribution is -0.123. The Bertz CT molecular complexity index is 1410. The number of para-hydroxylation sites is 1. The SMILES string of the molecule is CCOc1ccc(N2C(=O)CS(=O)(=O)[C@]23C(=O)N(Cc2cccc(Cl)c2)c2ccccc23)cc1. The minimum atomic E-state index is -4.22. The predicted octanol–water partition coefficient (Wildman–Crippen LogP) is 3.90. The number of amides is 2. The highest BCUT2D eigenvalue weighted by Gasteiger charge is 2.69. The smallest absolute Gasteiger partial charge is 0.274 e. The summed E-state index contributed by atoms with van der Waals surface area (Å²) in [5.74, 6) is -1.52. The average Bonchev–Trinajstić information content (AvgIpc) is 3.17. The van der Waals surface area contributed by atoms with Crippen LogP contribution in [0.1, 0.15) is 18.1 Å². The van der Waals surface area contributed by atoms with Gasteiger partial charge >= 0.3 is 0 Å². The molecular formula is C25H21ClN2O5S. The Morgan fingerprint density at radius 3 is 2.44 bits per heavy atom. The fourth-order valence-electron chi connectivity index (χ4n) is 4.72. The summed E-state index contributed by atoms with van der Waals surface area (Å²) >= 11 is 6.13. The summed E-state index contributed by atoms with van der Waals surface area (Å²) in [6.45, 7) is 2.42. The van der Waals surface area contributed by atoms with Crippen LogP contribution in [-0.4, -0.2) is 32.6 Å². The normalized spacial score (nSPS) is 20.8. The van der Waals surface area contributed by atoms with Gasteiger partial charge < -0.3 is 9.64 Å². The van der Waals surface area contributed by atoms with Crippen molar-refractivity contribution >= 4 is 44.6 Å². The van der Waals surface area contributed by atoms with Gasteiger partial charge in [-0.3, -0.25) is 14.5 Å². The fraction of sp³-hybridized carbons (Fsp3) is 0.200. The van der Waals surface area contributed by atoms with Crippen molar-refractivity contribution in [3.63, 3.8) is 0 Å². The molecule has 1 atom stereocenters. The molecule has 0 bridgehead atoms. The molecule has 2 aliphatic rings. The Labute approximate surface area is 202 Å². The molecule has 0 aromatic heterocycles. The molecule has 0 N–H and O–H groups in total. The number of fused-ring (bicyclic) bond motifs is 2. The molecule has 0 radical (unpaired) electrons. The van der Waals surface area contributed by atoms with Crippen molar-refractivity contribution < 1.29 is 22.7 Å². The number of carbonyl (C=O) groups is 2. The van der Waals surface area contributed by atoms with Gasteiger partial charge in [0.2, 0.25) is 5.91 Å². The van der Waals surface area contributed by atoms with Crippen molar-refractivity contribution in [1.29, 1.82) is 0 Å². The van der Waals surface area contributed by atoms with E-state index in [9.17, 15) is 18.0 Å². The van der Waals surface area contributed by atoms with Crippen molar-refractivity contribution in [1.82, 2.24) is 0 Å². The molecule has 7 nitrogen and oxygen atoms in total.